The van der Waals surface area contributed by atoms with Crippen molar-refractivity contribution in [3.63, 3.8) is 0 Å². The summed E-state index contributed by atoms with van der Waals surface area (Å²) in [6.45, 7) is 2.80. The van der Waals surface area contributed by atoms with E-state index in [0.29, 0.717) is 13.0 Å². The van der Waals surface area contributed by atoms with Gasteiger partial charge < -0.3 is 10.1 Å². The smallest absolute Gasteiger partial charge is 0.234 e. The van der Waals surface area contributed by atoms with E-state index in [-0.39, 0.29) is 22.8 Å². The summed E-state index contributed by atoms with van der Waals surface area (Å²) in [6.07, 6.45) is 4.20. The van der Waals surface area contributed by atoms with E-state index in [2.05, 4.69) is 23.3 Å². The summed E-state index contributed by atoms with van der Waals surface area (Å²) in [5.74, 6) is 0.715. The molecule has 2 aromatic rings. The van der Waals surface area contributed by atoms with Crippen molar-refractivity contribution in [3.8, 4) is 5.75 Å². The first-order valence-corrected chi connectivity index (χ1v) is 9.64. The second-order valence-corrected chi connectivity index (χ2v) is 7.41. The van der Waals surface area contributed by atoms with Gasteiger partial charge in [0, 0.05) is 18.3 Å². The first-order valence-electron chi connectivity index (χ1n) is 8.77. The number of nitrogens with zero attached hydrogens (tertiary/aromatic N) is 1. The van der Waals surface area contributed by atoms with Gasteiger partial charge in [-0.3, -0.25) is 14.6 Å². The molecule has 26 heavy (non-hydrogen) atoms. The number of carbonyl (C=O) groups is 2. The van der Waals surface area contributed by atoms with E-state index in [9.17, 15) is 9.59 Å². The Hall–Kier alpha value is -2.34. The molecule has 0 radical (unpaired) electrons. The summed E-state index contributed by atoms with van der Waals surface area (Å²) in [7, 11) is 0. The molecule has 6 heteroatoms. The van der Waals surface area contributed by atoms with Crippen LogP contribution in [0.25, 0.3) is 0 Å². The quantitative estimate of drug-likeness (QED) is 0.811. The van der Waals surface area contributed by atoms with Crippen LogP contribution in [0, 0.1) is 0 Å². The van der Waals surface area contributed by atoms with Crippen molar-refractivity contribution in [1.82, 2.24) is 10.3 Å². The molecule has 0 aliphatic carbocycles. The maximum Gasteiger partial charge on any atom is 0.234 e. The van der Waals surface area contributed by atoms with Gasteiger partial charge in [0.05, 0.1) is 18.4 Å². The largest absolute Gasteiger partial charge is 0.493 e. The van der Waals surface area contributed by atoms with Gasteiger partial charge in [-0.05, 0) is 42.2 Å². The molecular weight excluding hydrogens is 348 g/mol. The lowest BCUT2D eigenvalue weighted by atomic mass is 10.1. The molecule has 1 atom stereocenters. The third-order valence-corrected chi connectivity index (χ3v) is 5.31. The molecule has 1 amide bonds. The van der Waals surface area contributed by atoms with Gasteiger partial charge in [-0.1, -0.05) is 36.9 Å². The Bertz CT molecular complexity index is 760. The predicted molar refractivity (Wildman–Crippen MR) is 102 cm³/mol. The number of hydrogen-bond donors (Lipinski definition) is 1. The number of aromatic nitrogens is 1. The number of benzene rings is 1. The summed E-state index contributed by atoms with van der Waals surface area (Å²) in [6, 6.07) is 11.8. The summed E-state index contributed by atoms with van der Waals surface area (Å²) < 4.78 is 5.77. The first kappa shape index (κ1) is 18.5. The van der Waals surface area contributed by atoms with Crippen molar-refractivity contribution in [2.24, 2.45) is 0 Å². The number of thioether (sulfide) groups is 1. The molecule has 136 valence electrons. The van der Waals surface area contributed by atoms with Crippen LogP contribution in [0.4, 0.5) is 0 Å². The van der Waals surface area contributed by atoms with Gasteiger partial charge in [-0.25, -0.2) is 0 Å². The van der Waals surface area contributed by atoms with Crippen LogP contribution >= 0.6 is 11.8 Å². The van der Waals surface area contributed by atoms with Crippen LogP contribution < -0.4 is 10.1 Å². The lowest BCUT2D eigenvalue weighted by molar-refractivity contribution is -0.123. The van der Waals surface area contributed by atoms with Gasteiger partial charge in [0.2, 0.25) is 11.0 Å². The highest BCUT2D eigenvalue weighted by Gasteiger charge is 2.27. The normalized spacial score (nSPS) is 17.0. The van der Waals surface area contributed by atoms with E-state index in [1.165, 1.54) is 5.56 Å². The lowest BCUT2D eigenvalue weighted by Gasteiger charge is -2.20. The van der Waals surface area contributed by atoms with Crippen molar-refractivity contribution < 1.29 is 14.3 Å². The van der Waals surface area contributed by atoms with E-state index in [1.807, 2.05) is 36.5 Å². The summed E-state index contributed by atoms with van der Waals surface area (Å²) in [5, 5.41) is 2.29. The van der Waals surface area contributed by atoms with Crippen molar-refractivity contribution in [2.45, 2.75) is 31.4 Å². The van der Waals surface area contributed by atoms with Gasteiger partial charge in [0.25, 0.3) is 0 Å². The van der Waals surface area contributed by atoms with Crippen LogP contribution in [-0.4, -0.2) is 34.4 Å². The molecule has 0 saturated carbocycles. The van der Waals surface area contributed by atoms with Crippen molar-refractivity contribution in [1.29, 1.82) is 0 Å². The van der Waals surface area contributed by atoms with E-state index >= 15 is 0 Å². The predicted octanol–water partition coefficient (Wildman–Crippen LogP) is 2.57. The van der Waals surface area contributed by atoms with Crippen LogP contribution in [0.2, 0.25) is 0 Å². The van der Waals surface area contributed by atoms with E-state index in [4.69, 9.17) is 4.74 Å². The van der Waals surface area contributed by atoms with Crippen LogP contribution in [0.3, 0.4) is 0 Å². The van der Waals surface area contributed by atoms with E-state index < -0.39 is 0 Å². The Kier molecular flexibility index (Phi) is 6.28. The topological polar surface area (TPSA) is 68.3 Å². The van der Waals surface area contributed by atoms with Gasteiger partial charge in [-0.2, -0.15) is 0 Å². The van der Waals surface area contributed by atoms with Crippen LogP contribution in [0.15, 0.2) is 42.6 Å². The average molecular weight is 370 g/mol. The summed E-state index contributed by atoms with van der Waals surface area (Å²) >= 11 is 1.12. The molecule has 1 aromatic heterocycles. The molecular formula is C20H22N2O3S. The minimum Gasteiger partial charge on any atom is -0.493 e. The van der Waals surface area contributed by atoms with E-state index in [1.54, 1.807) is 0 Å². The number of carbonyl (C=O) groups excluding carboxylic acids is 2. The Morgan fingerprint density at radius 1 is 1.15 bits per heavy atom. The van der Waals surface area contributed by atoms with Gasteiger partial charge >= 0.3 is 0 Å². The standard InChI is InChI=1S/C20H22N2O3S/c1-2-14-3-6-16(21-12-14)9-10-25-17-7-4-15(5-8-17)11-18-20(24)22-13-19(23)26-18/h3-8,12,18H,2,9-11,13H2,1H3,(H,22,24). The third-order valence-electron chi connectivity index (χ3n) is 4.24. The molecule has 1 aromatic carbocycles. The summed E-state index contributed by atoms with van der Waals surface area (Å²) in [5.41, 5.74) is 3.26. The van der Waals surface area contributed by atoms with Gasteiger partial charge in [0.1, 0.15) is 5.75 Å². The fraction of sp³-hybridized carbons (Fsp3) is 0.350. The zero-order chi connectivity index (χ0) is 18.4. The Labute approximate surface area is 157 Å². The first-order chi connectivity index (χ1) is 12.6. The minimum atomic E-state index is -0.347. The number of rotatable bonds is 7. The van der Waals surface area contributed by atoms with Crippen molar-refractivity contribution in [3.05, 3.63) is 59.4 Å². The highest BCUT2D eigenvalue weighted by molar-refractivity contribution is 8.14. The SMILES string of the molecule is CCc1ccc(CCOc2ccc(CC3SC(=O)CNC3=O)cc2)nc1. The number of amides is 1. The average Bonchev–Trinajstić information content (AvgIpc) is 2.67. The molecule has 1 unspecified atom stereocenters. The monoisotopic (exact) mass is 370 g/mol. The van der Waals surface area contributed by atoms with Crippen LogP contribution in [0.1, 0.15) is 23.7 Å². The molecule has 5 nitrogen and oxygen atoms in total. The van der Waals surface area contributed by atoms with Gasteiger partial charge in [0.15, 0.2) is 0 Å². The Balaban J connectivity index is 1.48. The second-order valence-electron chi connectivity index (χ2n) is 6.15. The number of aryl methyl sites for hydroxylation is 1. The van der Waals surface area contributed by atoms with Crippen LogP contribution in [-0.2, 0) is 28.9 Å². The molecule has 1 fully saturated rings. The number of ether oxygens (including phenoxy) is 1. The number of pyridine rings is 1. The molecule has 1 aliphatic rings. The van der Waals surface area contributed by atoms with Crippen LogP contribution in [0.5, 0.6) is 5.75 Å². The fourth-order valence-corrected chi connectivity index (χ4v) is 3.62. The molecule has 1 N–H and O–H groups in total. The minimum absolute atomic E-state index is 0.00938. The van der Waals surface area contributed by atoms with Crippen molar-refractivity contribution in [2.75, 3.05) is 13.2 Å². The van der Waals surface area contributed by atoms with E-state index in [0.717, 1.165) is 41.6 Å². The molecule has 1 saturated heterocycles. The fourth-order valence-electron chi connectivity index (χ4n) is 2.68. The summed E-state index contributed by atoms with van der Waals surface area (Å²) in [4.78, 5) is 27.7. The molecule has 3 rings (SSSR count). The number of hydrogen-bond acceptors (Lipinski definition) is 5. The molecule has 0 spiro atoms. The molecule has 2 heterocycles. The second kappa shape index (κ2) is 8.85. The highest BCUT2D eigenvalue weighted by Crippen LogP contribution is 2.22. The Morgan fingerprint density at radius 3 is 2.62 bits per heavy atom. The van der Waals surface area contributed by atoms with Gasteiger partial charge in [-0.15, -0.1) is 0 Å². The molecule has 1 aliphatic heterocycles. The van der Waals surface area contributed by atoms with Crippen molar-refractivity contribution >= 4 is 22.8 Å². The zero-order valence-corrected chi connectivity index (χ0v) is 15.6. The highest BCUT2D eigenvalue weighted by atomic mass is 32.2. The molecule has 0 bridgehead atoms. The zero-order valence-electron chi connectivity index (χ0n) is 14.7. The maximum absolute atomic E-state index is 11.8. The Morgan fingerprint density at radius 2 is 1.92 bits per heavy atom. The third kappa shape index (κ3) is 5.08. The maximum atomic E-state index is 11.8. The number of nitrogens with one attached hydrogen (secondary N) is 1. The lowest BCUT2D eigenvalue weighted by Crippen LogP contribution is -2.42.